The Hall–Kier alpha value is -3.70. The number of amides is 1. The predicted molar refractivity (Wildman–Crippen MR) is 97.6 cm³/mol. The van der Waals surface area contributed by atoms with Crippen LogP contribution < -0.4 is 16.6 Å². The molecule has 0 spiro atoms. The molecule has 0 aromatic carbocycles. The van der Waals surface area contributed by atoms with Crippen molar-refractivity contribution in [3.05, 3.63) is 51.5 Å². The molecular formula is C15H19N9O3. The highest BCUT2D eigenvalue weighted by Gasteiger charge is 2.22. The standard InChI is InChI=1S/C15H19N9O3/c1-6-8-23-14(18-20-21-23)17-12(25)11-13(26)24(15(27)22(5)19-11)10(7-2)16-9(3)4/h7H,2-3,6,8H2,1,4-5H3,(H,17,18,21,25). The van der Waals surface area contributed by atoms with Crippen molar-refractivity contribution in [2.45, 2.75) is 26.8 Å². The van der Waals surface area contributed by atoms with Crippen LogP contribution in [0.4, 0.5) is 5.95 Å². The molecule has 142 valence electrons. The van der Waals surface area contributed by atoms with Crippen LogP contribution in [0.15, 0.2) is 39.5 Å². The Balaban J connectivity index is 2.55. The van der Waals surface area contributed by atoms with Crippen LogP contribution in [-0.2, 0) is 13.6 Å². The number of allylic oxidation sites excluding steroid dienone is 2. The van der Waals surface area contributed by atoms with Gasteiger partial charge in [0.2, 0.25) is 11.6 Å². The van der Waals surface area contributed by atoms with Crippen molar-refractivity contribution < 1.29 is 4.79 Å². The minimum Gasteiger partial charge on any atom is -0.288 e. The quantitative estimate of drug-likeness (QED) is 0.534. The van der Waals surface area contributed by atoms with Crippen molar-refractivity contribution in [1.82, 2.24) is 34.6 Å². The number of anilines is 1. The number of rotatable bonds is 6. The van der Waals surface area contributed by atoms with Crippen LogP contribution in [-0.4, -0.2) is 46.3 Å². The van der Waals surface area contributed by atoms with Crippen LogP contribution in [0.25, 0.3) is 0 Å². The molecule has 12 heteroatoms. The van der Waals surface area contributed by atoms with Gasteiger partial charge >= 0.3 is 5.69 Å². The van der Waals surface area contributed by atoms with Crippen molar-refractivity contribution in [3.63, 3.8) is 0 Å². The first-order valence-electron chi connectivity index (χ1n) is 7.95. The molecule has 0 aliphatic rings. The van der Waals surface area contributed by atoms with E-state index in [9.17, 15) is 14.4 Å². The summed E-state index contributed by atoms with van der Waals surface area (Å²) in [5.74, 6) is -0.876. The number of hydrogen-bond acceptors (Lipinski definition) is 8. The van der Waals surface area contributed by atoms with Gasteiger partial charge in [-0.15, -0.1) is 0 Å². The average Bonchev–Trinajstić information content (AvgIpc) is 3.04. The van der Waals surface area contributed by atoms with Gasteiger partial charge in [-0.1, -0.05) is 25.2 Å². The van der Waals surface area contributed by atoms with Gasteiger partial charge in [-0.2, -0.15) is 5.10 Å². The van der Waals surface area contributed by atoms with Crippen LogP contribution in [0.3, 0.4) is 0 Å². The fourth-order valence-corrected chi connectivity index (χ4v) is 2.12. The summed E-state index contributed by atoms with van der Waals surface area (Å²) >= 11 is 0. The maximum atomic E-state index is 12.7. The van der Waals surface area contributed by atoms with Gasteiger partial charge in [0.25, 0.3) is 11.5 Å². The second-order valence-corrected chi connectivity index (χ2v) is 5.48. The number of aliphatic imine (C=N–C) groups is 1. The van der Waals surface area contributed by atoms with Gasteiger partial charge < -0.3 is 0 Å². The van der Waals surface area contributed by atoms with E-state index in [1.807, 2.05) is 6.92 Å². The van der Waals surface area contributed by atoms with Gasteiger partial charge in [-0.3, -0.25) is 14.9 Å². The molecular weight excluding hydrogens is 354 g/mol. The molecule has 2 aromatic rings. The highest BCUT2D eigenvalue weighted by Crippen LogP contribution is 2.02. The summed E-state index contributed by atoms with van der Waals surface area (Å²) in [6.45, 7) is 11.1. The van der Waals surface area contributed by atoms with E-state index in [4.69, 9.17) is 0 Å². The Bertz CT molecular complexity index is 1040. The molecule has 27 heavy (non-hydrogen) atoms. The van der Waals surface area contributed by atoms with Crippen molar-refractivity contribution in [2.24, 2.45) is 12.0 Å². The normalized spacial score (nSPS) is 11.3. The first kappa shape index (κ1) is 19.6. The number of carbonyl (C=O) groups is 1. The molecule has 0 fully saturated rings. The van der Waals surface area contributed by atoms with Crippen molar-refractivity contribution >= 4 is 17.7 Å². The number of aryl methyl sites for hydroxylation is 2. The van der Waals surface area contributed by atoms with Gasteiger partial charge in [0.05, 0.1) is 0 Å². The van der Waals surface area contributed by atoms with Crippen molar-refractivity contribution in [2.75, 3.05) is 5.32 Å². The fraction of sp³-hybridized carbons (Fsp3) is 0.333. The third-order valence-corrected chi connectivity index (χ3v) is 3.25. The number of tetrazole rings is 1. The van der Waals surface area contributed by atoms with Crippen LogP contribution in [0, 0.1) is 0 Å². The smallest absolute Gasteiger partial charge is 0.288 e. The monoisotopic (exact) mass is 373 g/mol. The molecule has 1 amide bonds. The highest BCUT2D eigenvalue weighted by atomic mass is 16.2. The lowest BCUT2D eigenvalue weighted by Crippen LogP contribution is -2.47. The second-order valence-electron chi connectivity index (χ2n) is 5.48. The number of nitrogens with one attached hydrogen (secondary N) is 1. The fourth-order valence-electron chi connectivity index (χ4n) is 2.12. The Morgan fingerprint density at radius 1 is 1.37 bits per heavy atom. The summed E-state index contributed by atoms with van der Waals surface area (Å²) in [5.41, 5.74) is -1.92. The molecule has 0 aliphatic carbocycles. The van der Waals surface area contributed by atoms with E-state index in [1.54, 1.807) is 6.92 Å². The average molecular weight is 373 g/mol. The zero-order valence-corrected chi connectivity index (χ0v) is 15.2. The molecule has 2 aromatic heterocycles. The number of carbonyl (C=O) groups excluding carboxylic acids is 1. The molecule has 0 radical (unpaired) electrons. The molecule has 2 heterocycles. The molecule has 0 saturated carbocycles. The molecule has 0 bridgehead atoms. The van der Waals surface area contributed by atoms with E-state index in [2.05, 4.69) is 44.1 Å². The Morgan fingerprint density at radius 3 is 2.67 bits per heavy atom. The summed E-state index contributed by atoms with van der Waals surface area (Å²) < 4.78 is 2.91. The lowest BCUT2D eigenvalue weighted by atomic mass is 10.4. The molecule has 0 unspecified atom stereocenters. The lowest BCUT2D eigenvalue weighted by Gasteiger charge is -2.09. The summed E-state index contributed by atoms with van der Waals surface area (Å²) in [5, 5.41) is 17.1. The molecule has 1 N–H and O–H groups in total. The lowest BCUT2D eigenvalue weighted by molar-refractivity contribution is 0.101. The van der Waals surface area contributed by atoms with Crippen molar-refractivity contribution in [3.8, 4) is 0 Å². The maximum Gasteiger partial charge on any atom is 0.353 e. The zero-order chi connectivity index (χ0) is 20.1. The number of nitrogens with zero attached hydrogens (tertiary/aromatic N) is 8. The molecule has 0 aliphatic heterocycles. The van der Waals surface area contributed by atoms with Crippen LogP contribution >= 0.6 is 0 Å². The third kappa shape index (κ3) is 4.11. The topological polar surface area (TPSA) is 142 Å². The predicted octanol–water partition coefficient (Wildman–Crippen LogP) is -0.443. The minimum atomic E-state index is -0.954. The summed E-state index contributed by atoms with van der Waals surface area (Å²) in [6.07, 6.45) is 1.94. The maximum absolute atomic E-state index is 12.7. The highest BCUT2D eigenvalue weighted by molar-refractivity contribution is 6.02. The van der Waals surface area contributed by atoms with E-state index >= 15 is 0 Å². The van der Waals surface area contributed by atoms with E-state index < -0.39 is 22.9 Å². The van der Waals surface area contributed by atoms with E-state index in [-0.39, 0.29) is 11.8 Å². The minimum absolute atomic E-state index is 0.0583. The van der Waals surface area contributed by atoms with E-state index in [0.29, 0.717) is 16.8 Å². The van der Waals surface area contributed by atoms with Gasteiger partial charge in [-0.25, -0.2) is 23.7 Å². The molecule has 0 saturated heterocycles. The summed E-state index contributed by atoms with van der Waals surface area (Å²) in [7, 11) is 1.30. The van der Waals surface area contributed by atoms with Crippen LogP contribution in [0.5, 0.6) is 0 Å². The summed E-state index contributed by atoms with van der Waals surface area (Å²) in [6, 6.07) is 0. The van der Waals surface area contributed by atoms with Crippen molar-refractivity contribution in [1.29, 1.82) is 0 Å². The largest absolute Gasteiger partial charge is 0.353 e. The first-order valence-corrected chi connectivity index (χ1v) is 7.95. The van der Waals surface area contributed by atoms with Gasteiger partial charge in [0.15, 0.2) is 0 Å². The third-order valence-electron chi connectivity index (χ3n) is 3.25. The van der Waals surface area contributed by atoms with E-state index in [0.717, 1.165) is 11.1 Å². The van der Waals surface area contributed by atoms with Gasteiger partial charge in [-0.05, 0) is 29.8 Å². The van der Waals surface area contributed by atoms with Crippen LogP contribution in [0.2, 0.25) is 0 Å². The SMILES string of the molecule is C=CC(=NC(=C)C)n1c(=O)c(C(=O)Nc2nnnn2CCC)nn(C)c1=O. The number of aromatic nitrogens is 7. The molecule has 12 nitrogen and oxygen atoms in total. The Morgan fingerprint density at radius 2 is 2.07 bits per heavy atom. The Kier molecular flexibility index (Phi) is 5.90. The second kappa shape index (κ2) is 8.12. The number of hydrogen-bond donors (Lipinski definition) is 1. The van der Waals surface area contributed by atoms with Crippen LogP contribution in [0.1, 0.15) is 30.8 Å². The zero-order valence-electron chi connectivity index (χ0n) is 15.2. The molecule has 0 atom stereocenters. The Labute approximate surface area is 153 Å². The van der Waals surface area contributed by atoms with Gasteiger partial charge in [0.1, 0.15) is 5.84 Å². The summed E-state index contributed by atoms with van der Waals surface area (Å²) in [4.78, 5) is 41.6. The van der Waals surface area contributed by atoms with E-state index in [1.165, 1.54) is 17.8 Å². The molecule has 2 rings (SSSR count). The van der Waals surface area contributed by atoms with Gasteiger partial charge in [0, 0.05) is 19.3 Å². The first-order chi connectivity index (χ1) is 12.8.